The largest absolute Gasteiger partial charge is 0.304 e. The Morgan fingerprint density at radius 3 is 2.31 bits per heavy atom. The fourth-order valence-electron chi connectivity index (χ4n) is 1.89. The standard InChI is InChI=1S/C10H17N3/c1-12-4-6-13(7-5-12)9-10(8-11)2-3-10/h2-7,9H2,1H3. The Kier molecular flexibility index (Phi) is 2.27. The zero-order valence-corrected chi connectivity index (χ0v) is 8.29. The minimum Gasteiger partial charge on any atom is -0.304 e. The number of rotatable bonds is 2. The Bertz CT molecular complexity index is 219. The summed E-state index contributed by atoms with van der Waals surface area (Å²) in [5.41, 5.74) is 0.0515. The highest BCUT2D eigenvalue weighted by Crippen LogP contribution is 2.45. The van der Waals surface area contributed by atoms with Crippen LogP contribution in [0, 0.1) is 16.7 Å². The lowest BCUT2D eigenvalue weighted by molar-refractivity contribution is 0.140. The zero-order valence-electron chi connectivity index (χ0n) is 8.29. The van der Waals surface area contributed by atoms with E-state index in [0.717, 1.165) is 45.6 Å². The molecule has 0 bridgehead atoms. The van der Waals surface area contributed by atoms with Gasteiger partial charge in [0.25, 0.3) is 0 Å². The summed E-state index contributed by atoms with van der Waals surface area (Å²) in [7, 11) is 2.16. The minimum absolute atomic E-state index is 0.0515. The molecule has 2 fully saturated rings. The molecule has 0 N–H and O–H groups in total. The van der Waals surface area contributed by atoms with Crippen LogP contribution in [0.25, 0.3) is 0 Å². The van der Waals surface area contributed by atoms with Crippen LogP contribution in [0.4, 0.5) is 0 Å². The summed E-state index contributed by atoms with van der Waals surface area (Å²) in [5, 5.41) is 8.95. The second kappa shape index (κ2) is 3.28. The smallest absolute Gasteiger partial charge is 0.0703 e. The molecule has 0 aromatic heterocycles. The molecule has 1 saturated carbocycles. The molecule has 2 rings (SSSR count). The van der Waals surface area contributed by atoms with E-state index in [1.54, 1.807) is 0 Å². The Balaban J connectivity index is 1.80. The number of nitriles is 1. The summed E-state index contributed by atoms with van der Waals surface area (Å²) in [6, 6.07) is 2.46. The van der Waals surface area contributed by atoms with Gasteiger partial charge in [0.1, 0.15) is 0 Å². The molecule has 0 radical (unpaired) electrons. The van der Waals surface area contributed by atoms with Crippen molar-refractivity contribution in [2.24, 2.45) is 5.41 Å². The van der Waals surface area contributed by atoms with Gasteiger partial charge in [0.05, 0.1) is 11.5 Å². The number of piperazine rings is 1. The highest BCUT2D eigenvalue weighted by atomic mass is 15.2. The van der Waals surface area contributed by atoms with Crippen molar-refractivity contribution in [3.05, 3.63) is 0 Å². The number of hydrogen-bond donors (Lipinski definition) is 0. The maximum absolute atomic E-state index is 8.95. The van der Waals surface area contributed by atoms with Gasteiger partial charge in [-0.05, 0) is 19.9 Å². The molecular weight excluding hydrogens is 162 g/mol. The third kappa shape index (κ3) is 2.01. The Labute approximate surface area is 79.9 Å². The normalized spacial score (nSPS) is 28.3. The molecule has 0 unspecified atom stereocenters. The van der Waals surface area contributed by atoms with Crippen LogP contribution in [0.2, 0.25) is 0 Å². The summed E-state index contributed by atoms with van der Waals surface area (Å²) >= 11 is 0. The first-order valence-electron chi connectivity index (χ1n) is 5.06. The van der Waals surface area contributed by atoms with E-state index in [2.05, 4.69) is 22.9 Å². The summed E-state index contributed by atoms with van der Waals surface area (Å²) in [6.45, 7) is 5.60. The van der Waals surface area contributed by atoms with Gasteiger partial charge in [-0.15, -0.1) is 0 Å². The molecule has 0 spiro atoms. The monoisotopic (exact) mass is 179 g/mol. The van der Waals surface area contributed by atoms with Crippen LogP contribution in [0.1, 0.15) is 12.8 Å². The van der Waals surface area contributed by atoms with Crippen molar-refractivity contribution < 1.29 is 0 Å². The first-order valence-corrected chi connectivity index (χ1v) is 5.06. The van der Waals surface area contributed by atoms with Crippen LogP contribution in [-0.4, -0.2) is 49.6 Å². The Hall–Kier alpha value is -0.590. The lowest BCUT2D eigenvalue weighted by atomic mass is 10.1. The van der Waals surface area contributed by atoms with Gasteiger partial charge in [-0.1, -0.05) is 0 Å². The van der Waals surface area contributed by atoms with Gasteiger partial charge in [-0.25, -0.2) is 0 Å². The third-order valence-corrected chi connectivity index (χ3v) is 3.21. The molecule has 0 aromatic rings. The molecular formula is C10H17N3. The van der Waals surface area contributed by atoms with Gasteiger partial charge in [-0.3, -0.25) is 4.90 Å². The molecule has 1 aliphatic heterocycles. The molecule has 0 aromatic carbocycles. The molecule has 1 aliphatic carbocycles. The Morgan fingerprint density at radius 2 is 1.85 bits per heavy atom. The van der Waals surface area contributed by atoms with Gasteiger partial charge < -0.3 is 4.90 Å². The Morgan fingerprint density at radius 1 is 1.23 bits per heavy atom. The van der Waals surface area contributed by atoms with Gasteiger partial charge in [0.15, 0.2) is 0 Å². The topological polar surface area (TPSA) is 30.3 Å². The number of hydrogen-bond acceptors (Lipinski definition) is 3. The average molecular weight is 179 g/mol. The van der Waals surface area contributed by atoms with Crippen molar-refractivity contribution in [2.75, 3.05) is 39.8 Å². The average Bonchev–Trinajstić information content (AvgIpc) is 2.90. The maximum Gasteiger partial charge on any atom is 0.0703 e. The highest BCUT2D eigenvalue weighted by molar-refractivity contribution is 5.11. The summed E-state index contributed by atoms with van der Waals surface area (Å²) < 4.78 is 0. The zero-order chi connectivity index (χ0) is 9.31. The summed E-state index contributed by atoms with van der Waals surface area (Å²) in [4.78, 5) is 4.79. The van der Waals surface area contributed by atoms with Crippen molar-refractivity contribution in [2.45, 2.75) is 12.8 Å². The first kappa shape index (κ1) is 8.98. The highest BCUT2D eigenvalue weighted by Gasteiger charge is 2.44. The van der Waals surface area contributed by atoms with E-state index < -0.39 is 0 Å². The molecule has 0 amide bonds. The van der Waals surface area contributed by atoms with E-state index in [-0.39, 0.29) is 5.41 Å². The molecule has 1 saturated heterocycles. The van der Waals surface area contributed by atoms with Gasteiger partial charge in [0.2, 0.25) is 0 Å². The molecule has 0 atom stereocenters. The predicted molar refractivity (Wildman–Crippen MR) is 51.2 cm³/mol. The van der Waals surface area contributed by atoms with E-state index in [1.165, 1.54) is 0 Å². The van der Waals surface area contributed by atoms with Crippen molar-refractivity contribution in [1.29, 1.82) is 5.26 Å². The maximum atomic E-state index is 8.95. The van der Waals surface area contributed by atoms with Gasteiger partial charge >= 0.3 is 0 Å². The van der Waals surface area contributed by atoms with Crippen LogP contribution < -0.4 is 0 Å². The van der Waals surface area contributed by atoms with E-state index in [0.29, 0.717) is 0 Å². The lowest BCUT2D eigenvalue weighted by Gasteiger charge is -2.33. The predicted octanol–water partition coefficient (Wildman–Crippen LogP) is 0.538. The van der Waals surface area contributed by atoms with E-state index in [1.807, 2.05) is 0 Å². The van der Waals surface area contributed by atoms with Crippen LogP contribution >= 0.6 is 0 Å². The van der Waals surface area contributed by atoms with E-state index in [9.17, 15) is 0 Å². The van der Waals surface area contributed by atoms with Gasteiger partial charge in [-0.2, -0.15) is 5.26 Å². The molecule has 72 valence electrons. The third-order valence-electron chi connectivity index (χ3n) is 3.21. The lowest BCUT2D eigenvalue weighted by Crippen LogP contribution is -2.46. The molecule has 1 heterocycles. The van der Waals surface area contributed by atoms with Crippen LogP contribution in [0.5, 0.6) is 0 Å². The summed E-state index contributed by atoms with van der Waals surface area (Å²) in [6.07, 6.45) is 2.24. The SMILES string of the molecule is CN1CCN(CC2(C#N)CC2)CC1. The summed E-state index contributed by atoms with van der Waals surface area (Å²) in [5.74, 6) is 0. The second-order valence-corrected chi connectivity index (χ2v) is 4.47. The molecule has 3 heteroatoms. The van der Waals surface area contributed by atoms with E-state index >= 15 is 0 Å². The van der Waals surface area contributed by atoms with Crippen LogP contribution in [-0.2, 0) is 0 Å². The van der Waals surface area contributed by atoms with Crippen molar-refractivity contribution >= 4 is 0 Å². The minimum atomic E-state index is 0.0515. The fourth-order valence-corrected chi connectivity index (χ4v) is 1.89. The van der Waals surface area contributed by atoms with Crippen molar-refractivity contribution in [3.8, 4) is 6.07 Å². The quantitative estimate of drug-likeness (QED) is 0.619. The fraction of sp³-hybridized carbons (Fsp3) is 0.900. The van der Waals surface area contributed by atoms with Crippen molar-refractivity contribution in [3.63, 3.8) is 0 Å². The van der Waals surface area contributed by atoms with Crippen LogP contribution in [0.3, 0.4) is 0 Å². The van der Waals surface area contributed by atoms with E-state index in [4.69, 9.17) is 5.26 Å². The number of nitrogens with zero attached hydrogens (tertiary/aromatic N) is 3. The molecule has 2 aliphatic rings. The van der Waals surface area contributed by atoms with Crippen LogP contribution in [0.15, 0.2) is 0 Å². The number of likely N-dealkylation sites (N-methyl/N-ethyl adjacent to an activating group) is 1. The van der Waals surface area contributed by atoms with Gasteiger partial charge in [0, 0.05) is 32.7 Å². The molecule has 13 heavy (non-hydrogen) atoms. The molecule has 3 nitrogen and oxygen atoms in total. The second-order valence-electron chi connectivity index (χ2n) is 4.47. The first-order chi connectivity index (χ1) is 6.24. The van der Waals surface area contributed by atoms with Crippen molar-refractivity contribution in [1.82, 2.24) is 9.80 Å².